The summed E-state index contributed by atoms with van der Waals surface area (Å²) in [4.78, 5) is 19.1. The highest BCUT2D eigenvalue weighted by Crippen LogP contribution is 2.16. The molecule has 4 heteroatoms. The van der Waals surface area contributed by atoms with Crippen LogP contribution in [0.5, 0.6) is 0 Å². The van der Waals surface area contributed by atoms with Gasteiger partial charge >= 0.3 is 0 Å². The lowest BCUT2D eigenvalue weighted by Crippen LogP contribution is -2.17. The first-order valence-corrected chi connectivity index (χ1v) is 6.58. The predicted octanol–water partition coefficient (Wildman–Crippen LogP) is 2.18. The second-order valence-corrected chi connectivity index (χ2v) is 4.89. The van der Waals surface area contributed by atoms with E-state index in [1.807, 2.05) is 6.07 Å². The monoisotopic (exact) mass is 258 g/mol. The van der Waals surface area contributed by atoms with Gasteiger partial charge in [0, 0.05) is 17.7 Å². The molecule has 1 aliphatic rings. The molecule has 0 saturated carbocycles. The molecule has 0 bridgehead atoms. The highest BCUT2D eigenvalue weighted by molar-refractivity contribution is 5.23. The Bertz CT molecular complexity index is 663. The zero-order valence-electron chi connectivity index (χ0n) is 10.6. The smallest absolute Gasteiger partial charge is 0.276 e. The summed E-state index contributed by atoms with van der Waals surface area (Å²) in [5.41, 5.74) is 2.39. The van der Waals surface area contributed by atoms with Crippen molar-refractivity contribution < 1.29 is 4.39 Å². The lowest BCUT2D eigenvalue weighted by molar-refractivity contribution is 0.607. The number of nitrogens with zero attached hydrogens (tertiary/aromatic N) is 1. The highest BCUT2D eigenvalue weighted by Gasteiger charge is 2.16. The molecule has 3 nitrogen and oxygen atoms in total. The lowest BCUT2D eigenvalue weighted by atomic mass is 10.1. The first kappa shape index (κ1) is 12.1. The maximum atomic E-state index is 13.5. The average molecular weight is 258 g/mol. The van der Waals surface area contributed by atoms with Gasteiger partial charge in [-0.3, -0.25) is 4.79 Å². The second kappa shape index (κ2) is 4.96. The van der Waals surface area contributed by atoms with E-state index in [1.54, 1.807) is 12.1 Å². The summed E-state index contributed by atoms with van der Waals surface area (Å²) in [6.45, 7) is 0. The maximum absolute atomic E-state index is 13.5. The van der Waals surface area contributed by atoms with E-state index >= 15 is 0 Å². The van der Waals surface area contributed by atoms with Gasteiger partial charge in [0.2, 0.25) is 0 Å². The first-order chi connectivity index (χ1) is 9.24. The fourth-order valence-electron chi connectivity index (χ4n) is 2.58. The molecule has 2 aromatic rings. The molecule has 0 amide bonds. The first-order valence-electron chi connectivity index (χ1n) is 6.58. The Kier molecular flexibility index (Phi) is 3.15. The van der Waals surface area contributed by atoms with Gasteiger partial charge in [0.25, 0.3) is 5.56 Å². The van der Waals surface area contributed by atoms with Crippen LogP contribution in [0.15, 0.2) is 29.1 Å². The van der Waals surface area contributed by atoms with Crippen LogP contribution in [-0.2, 0) is 25.7 Å². The van der Waals surface area contributed by atoms with Crippen LogP contribution in [0, 0.1) is 5.82 Å². The molecule has 0 radical (unpaired) electrons. The quantitative estimate of drug-likeness (QED) is 0.917. The minimum absolute atomic E-state index is 0.116. The summed E-state index contributed by atoms with van der Waals surface area (Å²) < 4.78 is 13.5. The van der Waals surface area contributed by atoms with E-state index in [-0.39, 0.29) is 11.4 Å². The third-order valence-electron chi connectivity index (χ3n) is 3.60. The number of halogens is 1. The minimum atomic E-state index is -0.203. The van der Waals surface area contributed by atoms with Crippen LogP contribution in [0.25, 0.3) is 0 Å². The number of H-pyrrole nitrogens is 1. The molecule has 0 fully saturated rings. The Labute approximate surface area is 110 Å². The molecule has 3 rings (SSSR count). The van der Waals surface area contributed by atoms with E-state index < -0.39 is 0 Å². The van der Waals surface area contributed by atoms with Gasteiger partial charge in [-0.1, -0.05) is 18.2 Å². The highest BCUT2D eigenvalue weighted by atomic mass is 19.1. The molecular weight excluding hydrogens is 243 g/mol. The number of rotatable bonds is 3. The van der Waals surface area contributed by atoms with Crippen molar-refractivity contribution in [3.63, 3.8) is 0 Å². The Hall–Kier alpha value is -1.97. The number of aromatic amines is 1. The van der Waals surface area contributed by atoms with Crippen LogP contribution in [0.3, 0.4) is 0 Å². The number of nitrogens with one attached hydrogen (secondary N) is 1. The van der Waals surface area contributed by atoms with Gasteiger partial charge in [0.05, 0.1) is 0 Å². The van der Waals surface area contributed by atoms with Crippen LogP contribution in [0.2, 0.25) is 0 Å². The third-order valence-corrected chi connectivity index (χ3v) is 3.60. The van der Waals surface area contributed by atoms with E-state index in [2.05, 4.69) is 9.97 Å². The zero-order valence-corrected chi connectivity index (χ0v) is 10.6. The van der Waals surface area contributed by atoms with Gasteiger partial charge < -0.3 is 4.98 Å². The predicted molar refractivity (Wildman–Crippen MR) is 70.7 cm³/mol. The van der Waals surface area contributed by atoms with Crippen molar-refractivity contribution in [3.05, 3.63) is 63.1 Å². The second-order valence-electron chi connectivity index (χ2n) is 4.89. The molecule has 1 aromatic heterocycles. The number of fused-ring (bicyclic) bond motifs is 1. The summed E-state index contributed by atoms with van der Waals surface area (Å²) in [6.07, 6.45) is 3.86. The van der Waals surface area contributed by atoms with Gasteiger partial charge in [-0.15, -0.1) is 0 Å². The molecule has 1 aromatic carbocycles. The third kappa shape index (κ3) is 2.43. The maximum Gasteiger partial charge on any atom is 0.276 e. The lowest BCUT2D eigenvalue weighted by Gasteiger charge is -2.05. The number of benzene rings is 1. The molecule has 0 atom stereocenters. The number of hydrogen-bond acceptors (Lipinski definition) is 2. The van der Waals surface area contributed by atoms with Gasteiger partial charge in [0.15, 0.2) is 0 Å². The summed E-state index contributed by atoms with van der Waals surface area (Å²) in [7, 11) is 0. The average Bonchev–Trinajstić information content (AvgIpc) is 2.87. The van der Waals surface area contributed by atoms with Gasteiger partial charge in [-0.25, -0.2) is 4.39 Å². The van der Waals surface area contributed by atoms with Crippen molar-refractivity contribution in [2.45, 2.75) is 32.1 Å². The van der Waals surface area contributed by atoms with E-state index in [4.69, 9.17) is 0 Å². The van der Waals surface area contributed by atoms with E-state index in [0.29, 0.717) is 24.2 Å². The Morgan fingerprint density at radius 3 is 2.89 bits per heavy atom. The molecule has 1 aliphatic carbocycles. The summed E-state index contributed by atoms with van der Waals surface area (Å²) in [5.74, 6) is 0.458. The molecule has 1 N–H and O–H groups in total. The summed E-state index contributed by atoms with van der Waals surface area (Å²) in [6, 6.07) is 6.71. The van der Waals surface area contributed by atoms with Crippen LogP contribution < -0.4 is 5.56 Å². The van der Waals surface area contributed by atoms with Gasteiger partial charge in [-0.05, 0) is 37.3 Å². The fraction of sp³-hybridized carbons (Fsp3) is 0.333. The Morgan fingerprint density at radius 1 is 1.21 bits per heavy atom. The van der Waals surface area contributed by atoms with Crippen molar-refractivity contribution >= 4 is 0 Å². The fourth-order valence-corrected chi connectivity index (χ4v) is 2.58. The van der Waals surface area contributed by atoms with Gasteiger partial charge in [-0.2, -0.15) is 4.98 Å². The van der Waals surface area contributed by atoms with Crippen molar-refractivity contribution in [3.8, 4) is 0 Å². The molecule has 0 spiro atoms. The van der Waals surface area contributed by atoms with Crippen LogP contribution in [0.4, 0.5) is 4.39 Å². The molecule has 1 heterocycles. The molecular formula is C15H15FN2O. The van der Waals surface area contributed by atoms with Crippen molar-refractivity contribution in [1.82, 2.24) is 9.97 Å². The molecule has 0 saturated heterocycles. The number of hydrogen-bond donors (Lipinski definition) is 1. The molecule has 0 unspecified atom stereocenters. The topological polar surface area (TPSA) is 45.8 Å². The number of aryl methyl sites for hydroxylation is 3. The van der Waals surface area contributed by atoms with E-state index in [9.17, 15) is 9.18 Å². The van der Waals surface area contributed by atoms with E-state index in [0.717, 1.165) is 30.5 Å². The van der Waals surface area contributed by atoms with Gasteiger partial charge in [0.1, 0.15) is 11.6 Å². The molecule has 0 aliphatic heterocycles. The van der Waals surface area contributed by atoms with Crippen molar-refractivity contribution in [2.24, 2.45) is 0 Å². The Morgan fingerprint density at radius 2 is 2.05 bits per heavy atom. The summed E-state index contributed by atoms with van der Waals surface area (Å²) >= 11 is 0. The van der Waals surface area contributed by atoms with Crippen LogP contribution in [0.1, 0.15) is 29.1 Å². The molecule has 98 valence electrons. The summed E-state index contributed by atoms with van der Waals surface area (Å²) in [5, 5.41) is 0. The van der Waals surface area contributed by atoms with Crippen LogP contribution >= 0.6 is 0 Å². The minimum Gasteiger partial charge on any atom is -0.347 e. The van der Waals surface area contributed by atoms with Crippen molar-refractivity contribution in [1.29, 1.82) is 0 Å². The van der Waals surface area contributed by atoms with Crippen LogP contribution in [-0.4, -0.2) is 9.97 Å². The van der Waals surface area contributed by atoms with E-state index in [1.165, 1.54) is 6.07 Å². The van der Waals surface area contributed by atoms with Crippen molar-refractivity contribution in [2.75, 3.05) is 0 Å². The Balaban J connectivity index is 1.80. The SMILES string of the molecule is O=c1nc(CCc2ccccc2F)[nH]c2c1CCC2. The number of aromatic nitrogens is 2. The standard InChI is InChI=1S/C15H15FN2O/c16-12-6-2-1-4-10(12)8-9-14-17-13-7-3-5-11(13)15(19)18-14/h1-2,4,6H,3,5,7-9H2,(H,17,18,19). The zero-order chi connectivity index (χ0) is 13.2. The normalized spacial score (nSPS) is 13.5. The molecule has 19 heavy (non-hydrogen) atoms. The largest absolute Gasteiger partial charge is 0.347 e.